The number of rotatable bonds is 5. The molecule has 1 unspecified atom stereocenters. The number of ether oxygens (including phenoxy) is 1. The fourth-order valence-corrected chi connectivity index (χ4v) is 1.80. The third-order valence-corrected chi connectivity index (χ3v) is 2.83. The fraction of sp³-hybridized carbons (Fsp3) is 0.364. The molecule has 1 aromatic rings. The number of amides is 1. The summed E-state index contributed by atoms with van der Waals surface area (Å²) in [5.74, 6) is -1.03. The Balaban J connectivity index is 2.70. The Kier molecular flexibility index (Phi) is 5.81. The molecule has 0 saturated carbocycles. The molecule has 0 aromatic heterocycles. The maximum absolute atomic E-state index is 13.2. The van der Waals surface area contributed by atoms with Gasteiger partial charge < -0.3 is 15.8 Å². The van der Waals surface area contributed by atoms with Gasteiger partial charge in [-0.15, -0.1) is 0 Å². The van der Waals surface area contributed by atoms with Gasteiger partial charge in [-0.05, 0) is 12.1 Å². The molecular formula is C11H13Cl2FN2O2. The number of benzene rings is 1. The van der Waals surface area contributed by atoms with Crippen LogP contribution in [-0.4, -0.2) is 25.7 Å². The minimum atomic E-state index is -0.715. The normalized spacial score (nSPS) is 12.3. The van der Waals surface area contributed by atoms with Gasteiger partial charge >= 0.3 is 0 Å². The molecule has 1 rings (SSSR count). The van der Waals surface area contributed by atoms with Crippen molar-refractivity contribution in [2.24, 2.45) is 5.73 Å². The van der Waals surface area contributed by atoms with E-state index in [9.17, 15) is 9.18 Å². The smallest absolute Gasteiger partial charge is 0.227 e. The van der Waals surface area contributed by atoms with Gasteiger partial charge in [-0.25, -0.2) is 4.39 Å². The van der Waals surface area contributed by atoms with E-state index < -0.39 is 5.82 Å². The van der Waals surface area contributed by atoms with Crippen molar-refractivity contribution in [3.05, 3.63) is 28.0 Å². The van der Waals surface area contributed by atoms with E-state index in [1.54, 1.807) is 0 Å². The van der Waals surface area contributed by atoms with Crippen LogP contribution >= 0.6 is 23.2 Å². The topological polar surface area (TPSA) is 64.3 Å². The summed E-state index contributed by atoms with van der Waals surface area (Å²) in [6, 6.07) is 2.57. The summed E-state index contributed by atoms with van der Waals surface area (Å²) < 4.78 is 18.1. The molecule has 1 atom stereocenters. The molecule has 0 saturated heterocycles. The highest BCUT2D eigenvalue weighted by Gasteiger charge is 2.13. The third-order valence-electron chi connectivity index (χ3n) is 2.28. The number of anilines is 1. The second-order valence-electron chi connectivity index (χ2n) is 3.60. The zero-order valence-corrected chi connectivity index (χ0v) is 11.2. The fourth-order valence-electron chi connectivity index (χ4n) is 1.31. The Bertz CT molecular complexity index is 416. The van der Waals surface area contributed by atoms with Gasteiger partial charge in [0.2, 0.25) is 5.91 Å². The summed E-state index contributed by atoms with van der Waals surface area (Å²) in [6.07, 6.45) is -0.268. The minimum absolute atomic E-state index is 0.0968. The van der Waals surface area contributed by atoms with Crippen molar-refractivity contribution in [1.82, 2.24) is 0 Å². The van der Waals surface area contributed by atoms with Crippen LogP contribution in [0.25, 0.3) is 0 Å². The minimum Gasteiger partial charge on any atom is -0.380 e. The van der Waals surface area contributed by atoms with Crippen LogP contribution in [0.2, 0.25) is 10.0 Å². The molecule has 0 heterocycles. The van der Waals surface area contributed by atoms with Crippen LogP contribution in [0.15, 0.2) is 12.1 Å². The van der Waals surface area contributed by atoms with Crippen molar-refractivity contribution in [1.29, 1.82) is 0 Å². The molecular weight excluding hydrogens is 282 g/mol. The van der Waals surface area contributed by atoms with Crippen molar-refractivity contribution in [2.75, 3.05) is 19.0 Å². The van der Waals surface area contributed by atoms with E-state index in [2.05, 4.69) is 5.32 Å². The van der Waals surface area contributed by atoms with Gasteiger partial charge in [-0.3, -0.25) is 4.79 Å². The SMILES string of the molecule is COC(CN)CC(=O)Nc1cc(Cl)c(F)c(Cl)c1. The molecule has 0 aliphatic heterocycles. The molecule has 0 fully saturated rings. The van der Waals surface area contributed by atoms with Gasteiger partial charge in [0, 0.05) is 19.3 Å². The van der Waals surface area contributed by atoms with Gasteiger partial charge in [-0.1, -0.05) is 23.2 Å². The monoisotopic (exact) mass is 294 g/mol. The van der Waals surface area contributed by atoms with Crippen molar-refractivity contribution in [3.8, 4) is 0 Å². The number of carbonyl (C=O) groups is 1. The van der Waals surface area contributed by atoms with Crippen molar-refractivity contribution in [2.45, 2.75) is 12.5 Å². The first-order valence-corrected chi connectivity index (χ1v) is 5.90. The lowest BCUT2D eigenvalue weighted by Crippen LogP contribution is -2.28. The van der Waals surface area contributed by atoms with E-state index in [1.807, 2.05) is 0 Å². The van der Waals surface area contributed by atoms with E-state index in [4.69, 9.17) is 33.7 Å². The predicted molar refractivity (Wildman–Crippen MR) is 69.5 cm³/mol. The molecule has 0 radical (unpaired) electrons. The highest BCUT2D eigenvalue weighted by Crippen LogP contribution is 2.27. The summed E-state index contributed by atoms with van der Waals surface area (Å²) in [5, 5.41) is 2.23. The van der Waals surface area contributed by atoms with Crippen LogP contribution in [0, 0.1) is 5.82 Å². The van der Waals surface area contributed by atoms with Crippen LogP contribution in [-0.2, 0) is 9.53 Å². The average molecular weight is 295 g/mol. The van der Waals surface area contributed by atoms with Crippen molar-refractivity contribution < 1.29 is 13.9 Å². The Hall–Kier alpha value is -0.880. The zero-order valence-electron chi connectivity index (χ0n) is 9.67. The zero-order chi connectivity index (χ0) is 13.7. The van der Waals surface area contributed by atoms with Crippen molar-refractivity contribution in [3.63, 3.8) is 0 Å². The summed E-state index contributed by atoms with van der Waals surface area (Å²) in [4.78, 5) is 11.6. The molecule has 0 aliphatic rings. The molecule has 18 heavy (non-hydrogen) atoms. The van der Waals surface area contributed by atoms with Gasteiger partial charge in [0.1, 0.15) is 0 Å². The van der Waals surface area contributed by atoms with E-state index in [-0.39, 0.29) is 35.0 Å². The maximum Gasteiger partial charge on any atom is 0.227 e. The first kappa shape index (κ1) is 15.2. The van der Waals surface area contributed by atoms with E-state index >= 15 is 0 Å². The Labute approximate surface area is 114 Å². The molecule has 4 nitrogen and oxygen atoms in total. The first-order chi connectivity index (χ1) is 8.47. The molecule has 1 aromatic carbocycles. The highest BCUT2D eigenvalue weighted by molar-refractivity contribution is 6.35. The first-order valence-electron chi connectivity index (χ1n) is 5.15. The van der Waals surface area contributed by atoms with Crippen molar-refractivity contribution >= 4 is 34.8 Å². The molecule has 1 amide bonds. The number of hydrogen-bond acceptors (Lipinski definition) is 3. The number of nitrogens with one attached hydrogen (secondary N) is 1. The number of methoxy groups -OCH3 is 1. The molecule has 3 N–H and O–H groups in total. The van der Waals surface area contributed by atoms with E-state index in [1.165, 1.54) is 19.2 Å². The van der Waals surface area contributed by atoms with Crippen LogP contribution in [0.5, 0.6) is 0 Å². The van der Waals surface area contributed by atoms with Crippen LogP contribution in [0.1, 0.15) is 6.42 Å². The standard InChI is InChI=1S/C11H13Cl2FN2O2/c1-18-7(5-15)4-10(17)16-6-2-8(12)11(14)9(13)3-6/h2-3,7H,4-5,15H2,1H3,(H,16,17). The molecule has 0 spiro atoms. The molecule has 7 heteroatoms. The maximum atomic E-state index is 13.2. The summed E-state index contributed by atoms with van der Waals surface area (Å²) in [6.45, 7) is 0.231. The van der Waals surface area contributed by atoms with E-state index in [0.29, 0.717) is 5.69 Å². The van der Waals surface area contributed by atoms with Crippen LogP contribution in [0.3, 0.4) is 0 Å². The number of hydrogen-bond donors (Lipinski definition) is 2. The average Bonchev–Trinajstić information content (AvgIpc) is 2.32. The number of nitrogens with two attached hydrogens (primary N) is 1. The third kappa shape index (κ3) is 4.10. The Morgan fingerprint density at radius 1 is 1.50 bits per heavy atom. The molecule has 100 valence electrons. The Morgan fingerprint density at radius 3 is 2.50 bits per heavy atom. The lowest BCUT2D eigenvalue weighted by molar-refractivity contribution is -0.118. The molecule has 0 aliphatic carbocycles. The lowest BCUT2D eigenvalue weighted by atomic mass is 10.2. The van der Waals surface area contributed by atoms with Gasteiger partial charge in [0.15, 0.2) is 5.82 Å². The predicted octanol–water partition coefficient (Wildman–Crippen LogP) is 2.43. The van der Waals surface area contributed by atoms with Crippen LogP contribution in [0.4, 0.5) is 10.1 Å². The summed E-state index contributed by atoms with van der Waals surface area (Å²) in [5.41, 5.74) is 5.72. The molecule has 0 bridgehead atoms. The van der Waals surface area contributed by atoms with Gasteiger partial charge in [0.05, 0.1) is 22.6 Å². The Morgan fingerprint density at radius 2 is 2.06 bits per heavy atom. The largest absolute Gasteiger partial charge is 0.380 e. The summed E-state index contributed by atoms with van der Waals surface area (Å²) in [7, 11) is 1.47. The second-order valence-corrected chi connectivity index (χ2v) is 4.41. The quantitative estimate of drug-likeness (QED) is 0.820. The number of carbonyl (C=O) groups excluding carboxylic acids is 1. The van der Waals surface area contributed by atoms with E-state index in [0.717, 1.165) is 0 Å². The summed E-state index contributed by atoms with van der Waals surface area (Å²) >= 11 is 11.2. The number of halogens is 3. The lowest BCUT2D eigenvalue weighted by Gasteiger charge is -2.13. The van der Waals surface area contributed by atoms with Gasteiger partial charge in [0.25, 0.3) is 0 Å². The highest BCUT2D eigenvalue weighted by atomic mass is 35.5. The van der Waals surface area contributed by atoms with Gasteiger partial charge in [-0.2, -0.15) is 0 Å². The van der Waals surface area contributed by atoms with Crippen LogP contribution < -0.4 is 11.1 Å². The second kappa shape index (κ2) is 6.89.